The van der Waals surface area contributed by atoms with Crippen LogP contribution in [0.5, 0.6) is 0 Å². The van der Waals surface area contributed by atoms with Gasteiger partial charge >= 0.3 is 0 Å². The average Bonchev–Trinajstić information content (AvgIpc) is 3.12. The number of allylic oxidation sites excluding steroid dienone is 1. The number of benzene rings is 2. The highest BCUT2D eigenvalue weighted by molar-refractivity contribution is 7.89. The number of amides is 1. The van der Waals surface area contributed by atoms with Crippen molar-refractivity contribution in [2.75, 3.05) is 13.1 Å². The lowest BCUT2D eigenvalue weighted by Gasteiger charge is -2.30. The van der Waals surface area contributed by atoms with Crippen molar-refractivity contribution in [1.82, 2.24) is 8.87 Å². The second-order valence-electron chi connectivity index (χ2n) is 8.26. The molecule has 1 amide bonds. The number of aromatic nitrogens is 1. The second kappa shape index (κ2) is 9.13. The van der Waals surface area contributed by atoms with Crippen LogP contribution in [0.2, 0.25) is 0 Å². The zero-order valence-corrected chi connectivity index (χ0v) is 20.0. The molecule has 0 bridgehead atoms. The molecule has 1 saturated heterocycles. The van der Waals surface area contributed by atoms with Crippen LogP contribution in [0.3, 0.4) is 0 Å². The Morgan fingerprint density at radius 2 is 2.00 bits per heavy atom. The fourth-order valence-corrected chi connectivity index (χ4v) is 6.84. The lowest BCUT2D eigenvalue weighted by molar-refractivity contribution is 0.0997. The van der Waals surface area contributed by atoms with Gasteiger partial charge in [0, 0.05) is 25.2 Å². The van der Waals surface area contributed by atoms with Gasteiger partial charge in [-0.25, -0.2) is 8.42 Å². The number of nitrogens with zero attached hydrogens (tertiary/aromatic N) is 3. The molecule has 32 heavy (non-hydrogen) atoms. The van der Waals surface area contributed by atoms with Gasteiger partial charge in [0.1, 0.15) is 0 Å². The number of piperidine rings is 1. The summed E-state index contributed by atoms with van der Waals surface area (Å²) in [5, 5.41) is 0. The third kappa shape index (κ3) is 4.35. The number of hydrogen-bond acceptors (Lipinski definition) is 4. The van der Waals surface area contributed by atoms with Crippen LogP contribution >= 0.6 is 11.3 Å². The van der Waals surface area contributed by atoms with Crippen LogP contribution in [0.25, 0.3) is 10.2 Å². The SMILES string of the molecule is C=CCn1c(=NC(=O)c2ccc(S(=O)(=O)N3CCCC(C)C3)cc2)sc2cccc(C)c21. The van der Waals surface area contributed by atoms with Gasteiger partial charge in [0.15, 0.2) is 4.80 Å². The first-order valence-electron chi connectivity index (χ1n) is 10.7. The molecule has 1 unspecified atom stereocenters. The quantitative estimate of drug-likeness (QED) is 0.521. The summed E-state index contributed by atoms with van der Waals surface area (Å²) in [6, 6.07) is 12.1. The van der Waals surface area contributed by atoms with Crippen molar-refractivity contribution >= 4 is 37.5 Å². The first kappa shape index (κ1) is 22.6. The first-order chi connectivity index (χ1) is 15.3. The molecule has 1 aliphatic heterocycles. The Labute approximate surface area is 192 Å². The Balaban J connectivity index is 1.65. The predicted molar refractivity (Wildman–Crippen MR) is 128 cm³/mol. The maximum absolute atomic E-state index is 13.0. The van der Waals surface area contributed by atoms with Crippen molar-refractivity contribution in [3.05, 3.63) is 71.0 Å². The van der Waals surface area contributed by atoms with E-state index in [1.807, 2.05) is 29.7 Å². The van der Waals surface area contributed by atoms with Crippen LogP contribution < -0.4 is 4.80 Å². The lowest BCUT2D eigenvalue weighted by Crippen LogP contribution is -2.39. The summed E-state index contributed by atoms with van der Waals surface area (Å²) in [6.45, 7) is 9.54. The summed E-state index contributed by atoms with van der Waals surface area (Å²) in [7, 11) is -3.55. The molecule has 0 radical (unpaired) electrons. The highest BCUT2D eigenvalue weighted by Crippen LogP contribution is 2.24. The van der Waals surface area contributed by atoms with E-state index < -0.39 is 15.9 Å². The van der Waals surface area contributed by atoms with Gasteiger partial charge in [0.05, 0.1) is 15.1 Å². The molecule has 168 valence electrons. The van der Waals surface area contributed by atoms with Gasteiger partial charge in [-0.3, -0.25) is 4.79 Å². The van der Waals surface area contributed by atoms with E-state index in [9.17, 15) is 13.2 Å². The second-order valence-corrected chi connectivity index (χ2v) is 11.2. The van der Waals surface area contributed by atoms with Gasteiger partial charge in [0.2, 0.25) is 10.0 Å². The van der Waals surface area contributed by atoms with E-state index in [0.29, 0.717) is 35.9 Å². The third-order valence-corrected chi connectivity index (χ3v) is 8.69. The molecular weight excluding hydrogens is 442 g/mol. The van der Waals surface area contributed by atoms with Gasteiger partial charge in [-0.05, 0) is 61.6 Å². The largest absolute Gasteiger partial charge is 0.312 e. The van der Waals surface area contributed by atoms with E-state index in [2.05, 4.69) is 18.5 Å². The summed E-state index contributed by atoms with van der Waals surface area (Å²) in [6.07, 6.45) is 3.70. The number of para-hydroxylation sites is 1. The zero-order chi connectivity index (χ0) is 22.9. The molecule has 6 nitrogen and oxygen atoms in total. The minimum absolute atomic E-state index is 0.211. The maximum atomic E-state index is 13.0. The molecule has 1 aliphatic rings. The summed E-state index contributed by atoms with van der Waals surface area (Å²) in [5.74, 6) is -0.0482. The number of hydrogen-bond donors (Lipinski definition) is 0. The monoisotopic (exact) mass is 469 g/mol. The van der Waals surface area contributed by atoms with Crippen molar-refractivity contribution in [2.24, 2.45) is 10.9 Å². The standard InChI is InChI=1S/C24H27N3O3S2/c1-4-14-27-22-18(3)8-5-9-21(22)31-24(27)25-23(28)19-10-12-20(13-11-19)32(29,30)26-15-6-7-17(2)16-26/h4-5,8-13,17H,1,6-7,14-16H2,2-3H3. The third-order valence-electron chi connectivity index (χ3n) is 5.77. The molecule has 3 aromatic rings. The smallest absolute Gasteiger partial charge is 0.279 e. The molecule has 0 saturated carbocycles. The summed E-state index contributed by atoms with van der Waals surface area (Å²) < 4.78 is 30.5. The van der Waals surface area contributed by atoms with Crippen molar-refractivity contribution in [3.8, 4) is 0 Å². The summed E-state index contributed by atoms with van der Waals surface area (Å²) in [4.78, 5) is 18.0. The van der Waals surface area contributed by atoms with Crippen molar-refractivity contribution in [1.29, 1.82) is 0 Å². The average molecular weight is 470 g/mol. The topological polar surface area (TPSA) is 71.7 Å². The number of rotatable bonds is 5. The van der Waals surface area contributed by atoms with Crippen molar-refractivity contribution in [3.63, 3.8) is 0 Å². The fraction of sp³-hybridized carbons (Fsp3) is 0.333. The number of aryl methyl sites for hydroxylation is 1. The highest BCUT2D eigenvalue weighted by atomic mass is 32.2. The zero-order valence-electron chi connectivity index (χ0n) is 18.3. The van der Waals surface area contributed by atoms with E-state index in [0.717, 1.165) is 28.6 Å². The van der Waals surface area contributed by atoms with Gasteiger partial charge < -0.3 is 4.57 Å². The first-order valence-corrected chi connectivity index (χ1v) is 13.0. The molecule has 8 heteroatoms. The number of thiazole rings is 1. The Kier molecular flexibility index (Phi) is 6.46. The van der Waals surface area contributed by atoms with Crippen LogP contribution in [0.1, 0.15) is 35.7 Å². The fourth-order valence-electron chi connectivity index (χ4n) is 4.13. The van der Waals surface area contributed by atoms with E-state index >= 15 is 0 Å². The van der Waals surface area contributed by atoms with Crippen molar-refractivity contribution in [2.45, 2.75) is 38.1 Å². The molecule has 2 aromatic carbocycles. The minimum Gasteiger partial charge on any atom is -0.312 e. The molecule has 2 heterocycles. The Morgan fingerprint density at radius 1 is 1.25 bits per heavy atom. The molecule has 0 spiro atoms. The summed E-state index contributed by atoms with van der Waals surface area (Å²) in [5.41, 5.74) is 2.51. The van der Waals surface area contributed by atoms with Gasteiger partial charge in [-0.15, -0.1) is 6.58 Å². The van der Waals surface area contributed by atoms with Crippen LogP contribution in [-0.2, 0) is 16.6 Å². The van der Waals surface area contributed by atoms with Crippen LogP contribution in [0, 0.1) is 12.8 Å². The minimum atomic E-state index is -3.55. The number of carbonyl (C=O) groups is 1. The van der Waals surface area contributed by atoms with Gasteiger partial charge in [-0.1, -0.05) is 36.5 Å². The van der Waals surface area contributed by atoms with Crippen LogP contribution in [-0.4, -0.2) is 36.3 Å². The molecule has 1 aromatic heterocycles. The normalized spacial score (nSPS) is 18.2. The summed E-state index contributed by atoms with van der Waals surface area (Å²) >= 11 is 1.45. The molecular formula is C24H27N3O3S2. The maximum Gasteiger partial charge on any atom is 0.279 e. The van der Waals surface area contributed by atoms with Gasteiger partial charge in [-0.2, -0.15) is 9.30 Å². The van der Waals surface area contributed by atoms with Crippen molar-refractivity contribution < 1.29 is 13.2 Å². The molecule has 4 rings (SSSR count). The highest BCUT2D eigenvalue weighted by Gasteiger charge is 2.28. The lowest BCUT2D eigenvalue weighted by atomic mass is 10.0. The molecule has 1 atom stereocenters. The Hall–Kier alpha value is -2.55. The Morgan fingerprint density at radius 3 is 2.69 bits per heavy atom. The molecule has 0 aliphatic carbocycles. The van der Waals surface area contributed by atoms with E-state index in [1.54, 1.807) is 22.5 Å². The number of sulfonamides is 1. The molecule has 1 fully saturated rings. The molecule has 0 N–H and O–H groups in total. The van der Waals surface area contributed by atoms with E-state index in [-0.39, 0.29) is 4.90 Å². The predicted octanol–water partition coefficient (Wildman–Crippen LogP) is 4.36. The number of carbonyl (C=O) groups excluding carboxylic acids is 1. The van der Waals surface area contributed by atoms with Crippen LogP contribution in [0.15, 0.2) is 65.0 Å². The Bertz CT molecular complexity index is 1340. The van der Waals surface area contributed by atoms with E-state index in [4.69, 9.17) is 0 Å². The van der Waals surface area contributed by atoms with Crippen LogP contribution in [0.4, 0.5) is 0 Å². The van der Waals surface area contributed by atoms with E-state index in [1.165, 1.54) is 23.5 Å². The number of fused-ring (bicyclic) bond motifs is 1. The van der Waals surface area contributed by atoms with Gasteiger partial charge in [0.25, 0.3) is 5.91 Å².